The Morgan fingerprint density at radius 1 is 1.08 bits per heavy atom. The Morgan fingerprint density at radius 2 is 1.71 bits per heavy atom. The van der Waals surface area contributed by atoms with Crippen LogP contribution in [0.2, 0.25) is 10.0 Å². The molecule has 1 aromatic carbocycles. The molecule has 0 heterocycles. The average molecular weight is 375 g/mol. The zero-order valence-corrected chi connectivity index (χ0v) is 15.2. The van der Waals surface area contributed by atoms with Gasteiger partial charge in [-0.1, -0.05) is 23.2 Å². The van der Waals surface area contributed by atoms with Crippen molar-refractivity contribution >= 4 is 46.7 Å². The van der Waals surface area contributed by atoms with Crippen LogP contribution >= 0.6 is 23.2 Å². The number of likely N-dealkylation sites (N-methyl/N-ethyl adjacent to an activating group) is 1. The molecule has 1 rings (SSSR count). The fourth-order valence-corrected chi connectivity index (χ4v) is 2.08. The van der Waals surface area contributed by atoms with E-state index < -0.39 is 11.9 Å². The van der Waals surface area contributed by atoms with E-state index in [0.29, 0.717) is 15.7 Å². The highest BCUT2D eigenvalue weighted by Crippen LogP contribution is 2.24. The molecule has 0 radical (unpaired) electrons. The molecule has 0 saturated carbocycles. The van der Waals surface area contributed by atoms with E-state index in [1.54, 1.807) is 33.0 Å². The maximum atomic E-state index is 11.9. The van der Waals surface area contributed by atoms with Gasteiger partial charge in [-0.3, -0.25) is 19.8 Å². The molecule has 0 aliphatic rings. The van der Waals surface area contributed by atoms with Crippen LogP contribution in [0.5, 0.6) is 0 Å². The number of hydrogen-bond acceptors (Lipinski definition) is 4. The monoisotopic (exact) mass is 374 g/mol. The van der Waals surface area contributed by atoms with Gasteiger partial charge < -0.3 is 10.6 Å². The van der Waals surface area contributed by atoms with Gasteiger partial charge in [-0.25, -0.2) is 4.79 Å². The third-order valence-electron chi connectivity index (χ3n) is 2.70. The first-order valence-electron chi connectivity index (χ1n) is 7.21. The van der Waals surface area contributed by atoms with Crippen LogP contribution in [0, 0.1) is 0 Å². The molecule has 7 nitrogen and oxygen atoms in total. The number of amides is 4. The molecule has 0 unspecified atom stereocenters. The van der Waals surface area contributed by atoms with Crippen LogP contribution in [-0.2, 0) is 9.59 Å². The van der Waals surface area contributed by atoms with Gasteiger partial charge >= 0.3 is 6.03 Å². The third kappa shape index (κ3) is 7.63. The second kappa shape index (κ2) is 9.46. The largest absolute Gasteiger partial charge is 0.336 e. The molecule has 132 valence electrons. The van der Waals surface area contributed by atoms with E-state index in [1.807, 2.05) is 0 Å². The molecule has 0 fully saturated rings. The number of imide groups is 1. The predicted octanol–water partition coefficient (Wildman–Crippen LogP) is 2.10. The highest BCUT2D eigenvalue weighted by molar-refractivity contribution is 6.42. The minimum Gasteiger partial charge on any atom is -0.336 e. The number of rotatable bonds is 6. The number of carbonyl (C=O) groups is 3. The Hall–Kier alpha value is -1.83. The van der Waals surface area contributed by atoms with Crippen LogP contribution in [0.15, 0.2) is 18.2 Å². The maximum absolute atomic E-state index is 11.9. The van der Waals surface area contributed by atoms with E-state index in [-0.39, 0.29) is 25.0 Å². The minimum absolute atomic E-state index is 0.0283. The molecule has 4 amide bonds. The van der Waals surface area contributed by atoms with Crippen LogP contribution < -0.4 is 16.0 Å². The van der Waals surface area contributed by atoms with Crippen molar-refractivity contribution in [3.63, 3.8) is 0 Å². The zero-order chi connectivity index (χ0) is 18.3. The number of urea groups is 1. The Labute approximate surface area is 150 Å². The summed E-state index contributed by atoms with van der Waals surface area (Å²) in [5.41, 5.74) is 0.503. The van der Waals surface area contributed by atoms with E-state index in [0.717, 1.165) is 0 Å². The quantitative estimate of drug-likeness (QED) is 0.710. The van der Waals surface area contributed by atoms with E-state index in [9.17, 15) is 14.4 Å². The molecule has 1 aromatic rings. The molecule has 0 aliphatic carbocycles. The topological polar surface area (TPSA) is 90.5 Å². The molecular formula is C15H20Cl2N4O3. The molecule has 9 heteroatoms. The molecule has 0 spiro atoms. The molecule has 3 N–H and O–H groups in total. The number of nitrogens with zero attached hydrogens (tertiary/aromatic N) is 1. The summed E-state index contributed by atoms with van der Waals surface area (Å²) < 4.78 is 0. The Bertz CT molecular complexity index is 623. The average Bonchev–Trinajstić information content (AvgIpc) is 2.41. The normalized spacial score (nSPS) is 10.6. The van der Waals surface area contributed by atoms with Gasteiger partial charge in [0, 0.05) is 11.7 Å². The van der Waals surface area contributed by atoms with Crippen molar-refractivity contribution in [2.75, 3.05) is 25.5 Å². The van der Waals surface area contributed by atoms with Gasteiger partial charge in [-0.2, -0.15) is 0 Å². The van der Waals surface area contributed by atoms with Gasteiger partial charge in [0.05, 0.1) is 23.1 Å². The van der Waals surface area contributed by atoms with Gasteiger partial charge in [0.2, 0.25) is 11.8 Å². The molecule has 24 heavy (non-hydrogen) atoms. The summed E-state index contributed by atoms with van der Waals surface area (Å²) in [7, 11) is 1.59. The summed E-state index contributed by atoms with van der Waals surface area (Å²) in [6.45, 7) is 3.44. The van der Waals surface area contributed by atoms with Crippen LogP contribution in [0.1, 0.15) is 13.8 Å². The number of carbonyl (C=O) groups excluding carboxylic acids is 3. The minimum atomic E-state index is -0.566. The lowest BCUT2D eigenvalue weighted by Gasteiger charge is -2.16. The number of hydrogen-bond donors (Lipinski definition) is 3. The number of benzene rings is 1. The SMILES string of the molecule is CC(C)NC(=O)NC(=O)CN(C)CC(=O)Nc1ccc(Cl)c(Cl)c1. The van der Waals surface area contributed by atoms with Crippen molar-refractivity contribution in [1.29, 1.82) is 0 Å². The second-order valence-corrected chi connectivity index (χ2v) is 6.34. The van der Waals surface area contributed by atoms with E-state index in [2.05, 4.69) is 16.0 Å². The number of halogens is 2. The first kappa shape index (κ1) is 20.2. The van der Waals surface area contributed by atoms with E-state index in [1.165, 1.54) is 11.0 Å². The zero-order valence-electron chi connectivity index (χ0n) is 13.7. The first-order valence-corrected chi connectivity index (χ1v) is 7.96. The molecule has 0 bridgehead atoms. The van der Waals surface area contributed by atoms with E-state index >= 15 is 0 Å². The summed E-state index contributed by atoms with van der Waals surface area (Å²) in [5.74, 6) is -0.826. The molecular weight excluding hydrogens is 355 g/mol. The van der Waals surface area contributed by atoms with Gasteiger partial charge in [-0.15, -0.1) is 0 Å². The van der Waals surface area contributed by atoms with Crippen LogP contribution in [-0.4, -0.2) is 48.9 Å². The fourth-order valence-electron chi connectivity index (χ4n) is 1.79. The Morgan fingerprint density at radius 3 is 2.29 bits per heavy atom. The molecule has 0 aromatic heterocycles. The van der Waals surface area contributed by atoms with Crippen molar-refractivity contribution in [1.82, 2.24) is 15.5 Å². The highest BCUT2D eigenvalue weighted by Gasteiger charge is 2.14. The summed E-state index contributed by atoms with van der Waals surface area (Å²) in [4.78, 5) is 36.5. The van der Waals surface area contributed by atoms with Gasteiger partial charge in [0.1, 0.15) is 0 Å². The Kier molecular flexibility index (Phi) is 7.97. The van der Waals surface area contributed by atoms with Crippen LogP contribution in [0.3, 0.4) is 0 Å². The summed E-state index contributed by atoms with van der Waals surface area (Å²) >= 11 is 11.7. The summed E-state index contributed by atoms with van der Waals surface area (Å²) in [6.07, 6.45) is 0. The van der Waals surface area contributed by atoms with Gasteiger partial charge in [-0.05, 0) is 39.1 Å². The van der Waals surface area contributed by atoms with Crippen molar-refractivity contribution < 1.29 is 14.4 Å². The Balaban J connectivity index is 2.42. The van der Waals surface area contributed by atoms with Crippen LogP contribution in [0.4, 0.5) is 10.5 Å². The number of nitrogens with one attached hydrogen (secondary N) is 3. The first-order chi connectivity index (χ1) is 11.2. The van der Waals surface area contributed by atoms with Crippen molar-refractivity contribution in [3.8, 4) is 0 Å². The number of anilines is 1. The van der Waals surface area contributed by atoms with Crippen LogP contribution in [0.25, 0.3) is 0 Å². The lowest BCUT2D eigenvalue weighted by Crippen LogP contribution is -2.46. The smallest absolute Gasteiger partial charge is 0.321 e. The third-order valence-corrected chi connectivity index (χ3v) is 3.44. The standard InChI is InChI=1S/C15H20Cl2N4O3/c1-9(2)18-15(24)20-14(23)8-21(3)7-13(22)19-10-4-5-11(16)12(17)6-10/h4-6,9H,7-8H2,1-3H3,(H,19,22)(H2,18,20,23,24). The molecule has 0 aliphatic heterocycles. The highest BCUT2D eigenvalue weighted by atomic mass is 35.5. The van der Waals surface area contributed by atoms with Gasteiger partial charge in [0.25, 0.3) is 0 Å². The van der Waals surface area contributed by atoms with Crippen molar-refractivity contribution in [2.45, 2.75) is 19.9 Å². The second-order valence-electron chi connectivity index (χ2n) is 5.53. The molecule has 0 atom stereocenters. The summed E-state index contributed by atoms with van der Waals surface area (Å²) in [6, 6.07) is 4.08. The fraction of sp³-hybridized carbons (Fsp3) is 0.400. The maximum Gasteiger partial charge on any atom is 0.321 e. The van der Waals surface area contributed by atoms with Crippen molar-refractivity contribution in [3.05, 3.63) is 28.2 Å². The summed E-state index contributed by atoms with van der Waals surface area (Å²) in [5, 5.41) is 8.09. The van der Waals surface area contributed by atoms with Crippen molar-refractivity contribution in [2.24, 2.45) is 0 Å². The van der Waals surface area contributed by atoms with E-state index in [4.69, 9.17) is 23.2 Å². The lowest BCUT2D eigenvalue weighted by molar-refractivity contribution is -0.122. The lowest BCUT2D eigenvalue weighted by atomic mass is 10.3. The predicted molar refractivity (Wildman–Crippen MR) is 94.4 cm³/mol. The molecule has 0 saturated heterocycles. The van der Waals surface area contributed by atoms with Gasteiger partial charge in [0.15, 0.2) is 0 Å².